The molecule has 4 nitrogen and oxygen atoms in total. The number of nitrogens with two attached hydrogens (primary N) is 2. The molecule has 0 aliphatic rings. The number of primary amides is 1. The van der Waals surface area contributed by atoms with E-state index in [0.29, 0.717) is 6.42 Å². The van der Waals surface area contributed by atoms with Crippen molar-refractivity contribution in [2.75, 3.05) is 0 Å². The summed E-state index contributed by atoms with van der Waals surface area (Å²) < 4.78 is 0. The third kappa shape index (κ3) is 8.79. The zero-order chi connectivity index (χ0) is 25.4. The molecule has 31 heavy (non-hydrogen) atoms. The Kier molecular flexibility index (Phi) is 8.77. The van der Waals surface area contributed by atoms with Gasteiger partial charge in [0, 0.05) is 17.4 Å². The van der Waals surface area contributed by atoms with Crippen LogP contribution in [0.15, 0.2) is 12.3 Å². The number of amides is 1. The maximum Gasteiger partial charge on any atom is 0.221 e. The molecule has 0 heterocycles. The highest BCUT2D eigenvalue weighted by molar-refractivity contribution is 5.78. The lowest BCUT2D eigenvalue weighted by molar-refractivity contribution is -0.134. The fourth-order valence-electron chi connectivity index (χ4n) is 7.64. The van der Waals surface area contributed by atoms with Crippen LogP contribution in [0.1, 0.15) is 109 Å². The van der Waals surface area contributed by atoms with E-state index in [0.717, 1.165) is 12.8 Å². The van der Waals surface area contributed by atoms with Crippen molar-refractivity contribution in [3.8, 4) is 0 Å². The van der Waals surface area contributed by atoms with Gasteiger partial charge in [0.2, 0.25) is 5.91 Å². The Bertz CT molecular complexity index is 587. The minimum Gasteiger partial charge on any atom is -0.513 e. The summed E-state index contributed by atoms with van der Waals surface area (Å²) in [6.07, 6.45) is 2.30. The van der Waals surface area contributed by atoms with Crippen LogP contribution in [0.3, 0.4) is 0 Å². The predicted molar refractivity (Wildman–Crippen MR) is 135 cm³/mol. The number of hydrogen-bond donors (Lipinski definition) is 3. The molecular weight excluding hydrogens is 384 g/mol. The minimum absolute atomic E-state index is 0.00720. The van der Waals surface area contributed by atoms with Crippen molar-refractivity contribution in [3.63, 3.8) is 0 Å². The van der Waals surface area contributed by atoms with Crippen molar-refractivity contribution >= 4 is 5.91 Å². The second-order valence-corrected chi connectivity index (χ2v) is 14.9. The van der Waals surface area contributed by atoms with Gasteiger partial charge >= 0.3 is 0 Å². The first-order chi connectivity index (χ1) is 13.3. The third-order valence-corrected chi connectivity index (χ3v) is 6.43. The van der Waals surface area contributed by atoms with Crippen LogP contribution in [0.5, 0.6) is 0 Å². The molecule has 3 unspecified atom stereocenters. The number of carbonyl (C=O) groups is 1. The molecule has 0 aliphatic carbocycles. The van der Waals surface area contributed by atoms with Gasteiger partial charge in [-0.15, -0.1) is 0 Å². The van der Waals surface area contributed by atoms with Crippen LogP contribution in [0.4, 0.5) is 0 Å². The number of hydrogen-bond acceptors (Lipinski definition) is 3. The van der Waals surface area contributed by atoms with Gasteiger partial charge in [-0.25, -0.2) is 0 Å². The summed E-state index contributed by atoms with van der Waals surface area (Å²) in [5.74, 6) is -0.797. The largest absolute Gasteiger partial charge is 0.513 e. The lowest BCUT2D eigenvalue weighted by Crippen LogP contribution is -2.55. The SMILES string of the molecule is C=C(O)C(C(C)(C)CC(C)(C)C(C(N)=O)C(C)(C)CC(C)(C)C)C(C)(N)CC(C)(C)C. The first kappa shape index (κ1) is 30.0. The zero-order valence-corrected chi connectivity index (χ0v) is 23.0. The van der Waals surface area contributed by atoms with Crippen LogP contribution in [0.25, 0.3) is 0 Å². The number of carbonyl (C=O) groups excluding carboxylic acids is 1. The Balaban J connectivity index is 6.25. The normalized spacial score (nSPS) is 18.3. The molecule has 0 aliphatic heterocycles. The lowest BCUT2D eigenvalue weighted by Gasteiger charge is -2.52. The molecule has 0 spiro atoms. The highest BCUT2D eigenvalue weighted by atomic mass is 16.3. The quantitative estimate of drug-likeness (QED) is 0.326. The van der Waals surface area contributed by atoms with Crippen molar-refractivity contribution in [1.82, 2.24) is 0 Å². The molecule has 3 atom stereocenters. The second-order valence-electron chi connectivity index (χ2n) is 14.9. The predicted octanol–water partition coefficient (Wildman–Crippen LogP) is 6.83. The van der Waals surface area contributed by atoms with E-state index in [9.17, 15) is 9.90 Å². The van der Waals surface area contributed by atoms with E-state index in [4.69, 9.17) is 11.5 Å². The van der Waals surface area contributed by atoms with Crippen molar-refractivity contribution in [3.05, 3.63) is 12.3 Å². The first-order valence-corrected chi connectivity index (χ1v) is 11.7. The van der Waals surface area contributed by atoms with E-state index in [1.807, 2.05) is 6.92 Å². The fraction of sp³-hybridized carbons (Fsp3) is 0.889. The fourth-order valence-corrected chi connectivity index (χ4v) is 7.64. The van der Waals surface area contributed by atoms with Crippen molar-refractivity contribution in [1.29, 1.82) is 0 Å². The Morgan fingerprint density at radius 1 is 0.710 bits per heavy atom. The van der Waals surface area contributed by atoms with Gasteiger partial charge < -0.3 is 16.6 Å². The van der Waals surface area contributed by atoms with Crippen molar-refractivity contribution < 1.29 is 9.90 Å². The van der Waals surface area contributed by atoms with Crippen LogP contribution in [0, 0.1) is 38.9 Å². The lowest BCUT2D eigenvalue weighted by atomic mass is 9.53. The maximum absolute atomic E-state index is 12.8. The Morgan fingerprint density at radius 3 is 1.32 bits per heavy atom. The number of rotatable bonds is 10. The summed E-state index contributed by atoms with van der Waals surface area (Å²) in [5.41, 5.74) is 11.2. The van der Waals surface area contributed by atoms with E-state index in [-0.39, 0.29) is 39.7 Å². The van der Waals surface area contributed by atoms with Crippen LogP contribution >= 0.6 is 0 Å². The third-order valence-electron chi connectivity index (χ3n) is 6.43. The average molecular weight is 439 g/mol. The van der Waals surface area contributed by atoms with E-state index in [1.54, 1.807) is 0 Å². The summed E-state index contributed by atoms with van der Waals surface area (Å²) in [5, 5.41) is 10.7. The van der Waals surface area contributed by atoms with Gasteiger partial charge in [-0.2, -0.15) is 0 Å². The topological polar surface area (TPSA) is 89.3 Å². The molecule has 0 aromatic heterocycles. The summed E-state index contributed by atoms with van der Waals surface area (Å²) >= 11 is 0. The van der Waals surface area contributed by atoms with Gasteiger partial charge in [-0.1, -0.05) is 89.7 Å². The van der Waals surface area contributed by atoms with E-state index in [2.05, 4.69) is 89.7 Å². The summed E-state index contributed by atoms with van der Waals surface area (Å²) in [6.45, 7) is 31.8. The Morgan fingerprint density at radius 2 is 1.03 bits per heavy atom. The van der Waals surface area contributed by atoms with Gasteiger partial charge in [0.25, 0.3) is 0 Å². The molecule has 5 N–H and O–H groups in total. The molecule has 0 aromatic carbocycles. The van der Waals surface area contributed by atoms with E-state index >= 15 is 0 Å². The average Bonchev–Trinajstić information content (AvgIpc) is 2.25. The van der Waals surface area contributed by atoms with E-state index in [1.165, 1.54) is 0 Å². The summed E-state index contributed by atoms with van der Waals surface area (Å²) in [7, 11) is 0. The van der Waals surface area contributed by atoms with Gasteiger partial charge in [-0.05, 0) is 53.3 Å². The molecule has 4 heteroatoms. The first-order valence-electron chi connectivity index (χ1n) is 11.7. The monoisotopic (exact) mass is 438 g/mol. The summed E-state index contributed by atoms with van der Waals surface area (Å²) in [4.78, 5) is 12.8. The molecule has 184 valence electrons. The number of aliphatic hydroxyl groups is 1. The zero-order valence-electron chi connectivity index (χ0n) is 23.0. The van der Waals surface area contributed by atoms with E-state index < -0.39 is 16.4 Å². The van der Waals surface area contributed by atoms with Crippen LogP contribution < -0.4 is 11.5 Å². The summed E-state index contributed by atoms with van der Waals surface area (Å²) in [6, 6.07) is 0. The van der Waals surface area contributed by atoms with Crippen LogP contribution in [-0.2, 0) is 4.79 Å². The van der Waals surface area contributed by atoms with Crippen molar-refractivity contribution in [2.45, 2.75) is 115 Å². The van der Waals surface area contributed by atoms with Gasteiger partial charge in [0.1, 0.15) is 0 Å². The van der Waals surface area contributed by atoms with Crippen LogP contribution in [-0.4, -0.2) is 16.6 Å². The molecule has 0 saturated heterocycles. The maximum atomic E-state index is 12.8. The van der Waals surface area contributed by atoms with Gasteiger partial charge in [0.05, 0.1) is 5.76 Å². The smallest absolute Gasteiger partial charge is 0.221 e. The molecule has 0 bridgehead atoms. The van der Waals surface area contributed by atoms with Crippen LogP contribution in [0.2, 0.25) is 0 Å². The van der Waals surface area contributed by atoms with Gasteiger partial charge in [0.15, 0.2) is 0 Å². The highest BCUT2D eigenvalue weighted by Gasteiger charge is 2.52. The Labute approximate surface area is 193 Å². The highest BCUT2D eigenvalue weighted by Crippen LogP contribution is 2.54. The molecule has 0 rings (SSSR count). The molecule has 1 amide bonds. The minimum atomic E-state index is -0.646. The molecule has 0 saturated carbocycles. The van der Waals surface area contributed by atoms with Gasteiger partial charge in [-0.3, -0.25) is 4.79 Å². The Hall–Kier alpha value is -1.03. The molecular formula is C27H54N2O2. The molecule has 0 aromatic rings. The standard InChI is InChI=1S/C27H54N2O2/c1-18(30)19(27(14,29)16-23(5,6)7)25(10,11)17-26(12,13)20(21(28)31)24(8,9)15-22(2,3)4/h19-20,30H,1,15-17,29H2,2-14H3,(H2,28,31). The molecule has 0 radical (unpaired) electrons. The van der Waals surface area contributed by atoms with Crippen molar-refractivity contribution in [2.24, 2.45) is 50.4 Å². The molecule has 0 fully saturated rings. The second kappa shape index (κ2) is 9.08. The number of aliphatic hydroxyl groups excluding tert-OH is 1.